The Morgan fingerprint density at radius 2 is 1.72 bits per heavy atom. The molecular formula is C22H33N3O4. The summed E-state index contributed by atoms with van der Waals surface area (Å²) in [6, 6.07) is 9.59. The molecular weight excluding hydrogens is 370 g/mol. The highest BCUT2D eigenvalue weighted by Gasteiger charge is 2.30. The fraction of sp³-hybridized carbons (Fsp3) is 0.636. The van der Waals surface area contributed by atoms with Crippen LogP contribution in [-0.2, 0) is 20.9 Å². The molecule has 1 aromatic carbocycles. The Kier molecular flexibility index (Phi) is 8.31. The first-order valence-corrected chi connectivity index (χ1v) is 10.7. The van der Waals surface area contributed by atoms with E-state index in [0.29, 0.717) is 45.8 Å². The van der Waals surface area contributed by atoms with E-state index in [9.17, 15) is 9.59 Å². The van der Waals surface area contributed by atoms with E-state index < -0.39 is 6.04 Å². The van der Waals surface area contributed by atoms with Crippen molar-refractivity contribution in [3.8, 4) is 0 Å². The molecule has 0 spiro atoms. The largest absolute Gasteiger partial charge is 0.446 e. The van der Waals surface area contributed by atoms with Crippen molar-refractivity contribution in [3.05, 3.63) is 35.9 Å². The van der Waals surface area contributed by atoms with Crippen LogP contribution in [0.15, 0.2) is 30.3 Å². The molecule has 1 saturated carbocycles. The fourth-order valence-electron chi connectivity index (χ4n) is 3.51. The van der Waals surface area contributed by atoms with E-state index in [1.165, 1.54) is 0 Å². The van der Waals surface area contributed by atoms with Gasteiger partial charge in [0, 0.05) is 32.8 Å². The zero-order chi connectivity index (χ0) is 20.5. The average molecular weight is 404 g/mol. The summed E-state index contributed by atoms with van der Waals surface area (Å²) in [4.78, 5) is 28.1. The zero-order valence-corrected chi connectivity index (χ0v) is 17.1. The second-order valence-electron chi connectivity index (χ2n) is 7.89. The van der Waals surface area contributed by atoms with E-state index >= 15 is 0 Å². The predicted octanol–water partition coefficient (Wildman–Crippen LogP) is 2.53. The molecule has 1 heterocycles. The molecule has 1 saturated heterocycles. The molecule has 160 valence electrons. The van der Waals surface area contributed by atoms with E-state index in [1.54, 1.807) is 9.80 Å². The summed E-state index contributed by atoms with van der Waals surface area (Å²) in [5.41, 5.74) is 7.26. The summed E-state index contributed by atoms with van der Waals surface area (Å²) in [5.74, 6) is -0.0257. The molecule has 7 nitrogen and oxygen atoms in total. The van der Waals surface area contributed by atoms with Gasteiger partial charge in [-0.3, -0.25) is 4.79 Å². The summed E-state index contributed by atoms with van der Waals surface area (Å²) >= 11 is 0. The van der Waals surface area contributed by atoms with Gasteiger partial charge in [0.25, 0.3) is 0 Å². The van der Waals surface area contributed by atoms with Gasteiger partial charge in [0.05, 0.1) is 12.6 Å². The van der Waals surface area contributed by atoms with E-state index in [1.807, 2.05) is 30.3 Å². The average Bonchev–Trinajstić information content (AvgIpc) is 2.73. The number of piperazine rings is 1. The summed E-state index contributed by atoms with van der Waals surface area (Å²) < 4.78 is 11.1. The van der Waals surface area contributed by atoms with Crippen LogP contribution in [0.2, 0.25) is 0 Å². The number of carbonyl (C=O) groups is 2. The minimum absolute atomic E-state index is 0.0257. The Balaban J connectivity index is 1.25. The first-order chi connectivity index (χ1) is 14.1. The minimum Gasteiger partial charge on any atom is -0.446 e. The molecule has 1 aromatic rings. The minimum atomic E-state index is -0.488. The van der Waals surface area contributed by atoms with Crippen LogP contribution in [0.1, 0.15) is 44.1 Å². The van der Waals surface area contributed by atoms with Crippen LogP contribution in [0.3, 0.4) is 0 Å². The maximum Gasteiger partial charge on any atom is 0.410 e. The zero-order valence-electron chi connectivity index (χ0n) is 17.1. The van der Waals surface area contributed by atoms with Crippen molar-refractivity contribution < 1.29 is 19.1 Å². The molecule has 0 bridgehead atoms. The molecule has 3 rings (SSSR count). The molecule has 1 aliphatic heterocycles. The molecule has 0 unspecified atom stereocenters. The highest BCUT2D eigenvalue weighted by molar-refractivity contribution is 5.82. The normalized spacial score (nSPS) is 18.2. The number of benzene rings is 1. The Morgan fingerprint density at radius 1 is 1.03 bits per heavy atom. The van der Waals surface area contributed by atoms with Crippen molar-refractivity contribution >= 4 is 12.0 Å². The van der Waals surface area contributed by atoms with Crippen molar-refractivity contribution in [2.45, 2.75) is 57.3 Å². The van der Waals surface area contributed by atoms with Crippen LogP contribution < -0.4 is 5.73 Å². The molecule has 1 atom stereocenters. The van der Waals surface area contributed by atoms with Gasteiger partial charge < -0.3 is 25.0 Å². The number of rotatable bonds is 9. The van der Waals surface area contributed by atoms with Crippen molar-refractivity contribution in [1.29, 1.82) is 0 Å². The summed E-state index contributed by atoms with van der Waals surface area (Å²) in [5, 5.41) is 0. The SMILES string of the molecule is N[C@@H](CCCCOCc1ccccc1)C(=O)N1CCN(C(=O)OC2CCC2)CC1. The number of amides is 2. The number of carbonyl (C=O) groups excluding carboxylic acids is 2. The third-order valence-electron chi connectivity index (χ3n) is 5.65. The summed E-state index contributed by atoms with van der Waals surface area (Å²) in [7, 11) is 0. The highest BCUT2D eigenvalue weighted by Crippen LogP contribution is 2.23. The van der Waals surface area contributed by atoms with Crippen LogP contribution in [0, 0.1) is 0 Å². The second-order valence-corrected chi connectivity index (χ2v) is 7.89. The first kappa shape index (κ1) is 21.6. The predicted molar refractivity (Wildman–Crippen MR) is 110 cm³/mol. The van der Waals surface area contributed by atoms with Crippen molar-refractivity contribution in [1.82, 2.24) is 9.80 Å². The number of nitrogens with two attached hydrogens (primary N) is 1. The molecule has 2 fully saturated rings. The maximum absolute atomic E-state index is 12.5. The molecule has 1 aliphatic carbocycles. The van der Waals surface area contributed by atoms with Crippen LogP contribution >= 0.6 is 0 Å². The van der Waals surface area contributed by atoms with Gasteiger partial charge in [0.2, 0.25) is 5.91 Å². The van der Waals surface area contributed by atoms with E-state index in [0.717, 1.165) is 37.7 Å². The third-order valence-corrected chi connectivity index (χ3v) is 5.65. The second kappa shape index (κ2) is 11.2. The first-order valence-electron chi connectivity index (χ1n) is 10.7. The van der Waals surface area contributed by atoms with Gasteiger partial charge in [-0.1, -0.05) is 30.3 Å². The lowest BCUT2D eigenvalue weighted by molar-refractivity contribution is -0.134. The molecule has 2 aliphatic rings. The van der Waals surface area contributed by atoms with Gasteiger partial charge in [-0.25, -0.2) is 4.79 Å². The topological polar surface area (TPSA) is 85.1 Å². The number of hydrogen-bond donors (Lipinski definition) is 1. The molecule has 2 amide bonds. The lowest BCUT2D eigenvalue weighted by Gasteiger charge is -2.36. The quantitative estimate of drug-likeness (QED) is 0.641. The number of nitrogens with zero attached hydrogens (tertiary/aromatic N) is 2. The van der Waals surface area contributed by atoms with Crippen molar-refractivity contribution in [2.75, 3.05) is 32.8 Å². The van der Waals surface area contributed by atoms with Gasteiger partial charge in [-0.05, 0) is 44.1 Å². The fourth-order valence-corrected chi connectivity index (χ4v) is 3.51. The van der Waals surface area contributed by atoms with Crippen molar-refractivity contribution in [2.24, 2.45) is 5.73 Å². The lowest BCUT2D eigenvalue weighted by Crippen LogP contribution is -2.54. The van der Waals surface area contributed by atoms with Crippen LogP contribution in [-0.4, -0.2) is 66.7 Å². The molecule has 7 heteroatoms. The maximum atomic E-state index is 12.5. The van der Waals surface area contributed by atoms with Crippen molar-refractivity contribution in [3.63, 3.8) is 0 Å². The highest BCUT2D eigenvalue weighted by atomic mass is 16.6. The molecule has 29 heavy (non-hydrogen) atoms. The van der Waals surface area contributed by atoms with E-state index in [2.05, 4.69) is 0 Å². The number of ether oxygens (including phenoxy) is 2. The van der Waals surface area contributed by atoms with Crippen LogP contribution in [0.5, 0.6) is 0 Å². The van der Waals surface area contributed by atoms with E-state index in [4.69, 9.17) is 15.2 Å². The summed E-state index contributed by atoms with van der Waals surface area (Å²) in [6.45, 7) is 3.34. The van der Waals surface area contributed by atoms with Gasteiger partial charge in [0.15, 0.2) is 0 Å². The Morgan fingerprint density at radius 3 is 2.38 bits per heavy atom. The van der Waals surface area contributed by atoms with E-state index in [-0.39, 0.29) is 18.1 Å². The van der Waals surface area contributed by atoms with Gasteiger partial charge in [-0.15, -0.1) is 0 Å². The Hall–Kier alpha value is -2.12. The summed E-state index contributed by atoms with van der Waals surface area (Å²) in [6.07, 6.45) is 5.31. The molecule has 0 radical (unpaired) electrons. The Labute approximate surface area is 173 Å². The van der Waals surface area contributed by atoms with Gasteiger partial charge in [0.1, 0.15) is 6.10 Å². The third kappa shape index (κ3) is 6.72. The smallest absolute Gasteiger partial charge is 0.410 e. The molecule has 2 N–H and O–H groups in total. The molecule has 0 aromatic heterocycles. The number of unbranched alkanes of at least 4 members (excludes halogenated alkanes) is 1. The number of hydrogen-bond acceptors (Lipinski definition) is 5. The monoisotopic (exact) mass is 403 g/mol. The van der Waals surface area contributed by atoms with Crippen LogP contribution in [0.4, 0.5) is 4.79 Å². The Bertz CT molecular complexity index is 643. The lowest BCUT2D eigenvalue weighted by atomic mass is 9.96. The van der Waals surface area contributed by atoms with Crippen LogP contribution in [0.25, 0.3) is 0 Å². The van der Waals surface area contributed by atoms with Gasteiger partial charge in [-0.2, -0.15) is 0 Å². The standard InChI is InChI=1S/C22H33N3O4/c23-20(11-4-5-16-28-17-18-7-2-1-3-8-18)21(26)24-12-14-25(15-13-24)22(27)29-19-9-6-10-19/h1-3,7-8,19-20H,4-6,9-17,23H2/t20-/m0/s1. The van der Waals surface area contributed by atoms with Gasteiger partial charge >= 0.3 is 6.09 Å².